The molecule has 1 aliphatic carbocycles. The van der Waals surface area contributed by atoms with Crippen molar-refractivity contribution in [2.24, 2.45) is 0 Å². The number of aromatic nitrogens is 3. The molecule has 26 heavy (non-hydrogen) atoms. The summed E-state index contributed by atoms with van der Waals surface area (Å²) in [6, 6.07) is -1.40. The number of allylic oxidation sites excluding steroid dienone is 1. The number of carbonyl (C=O) groups excluding carboxylic acids is 2. The zero-order valence-electron chi connectivity index (χ0n) is 14.2. The highest BCUT2D eigenvalue weighted by molar-refractivity contribution is 7.94. The number of nitrogens with one attached hydrogen (secondary N) is 2. The molecule has 0 fully saturated rings. The molecule has 0 aliphatic heterocycles. The number of amides is 2. The van der Waals surface area contributed by atoms with E-state index in [1.165, 1.54) is 14.2 Å². The molecule has 0 atom stereocenters. The van der Waals surface area contributed by atoms with Crippen LogP contribution in [0.5, 0.6) is 12.0 Å². The van der Waals surface area contributed by atoms with Gasteiger partial charge in [0.1, 0.15) is 0 Å². The Morgan fingerprint density at radius 1 is 1.00 bits per heavy atom. The highest BCUT2D eigenvalue weighted by Gasteiger charge is 2.31. The Kier molecular flexibility index (Phi) is 5.92. The van der Waals surface area contributed by atoms with E-state index in [9.17, 15) is 18.0 Å². The summed E-state index contributed by atoms with van der Waals surface area (Å²) in [6.07, 6.45) is 0.844. The van der Waals surface area contributed by atoms with Gasteiger partial charge in [0.2, 0.25) is 5.95 Å². The second kappa shape index (κ2) is 7.95. The molecule has 2 N–H and O–H groups in total. The summed E-state index contributed by atoms with van der Waals surface area (Å²) in [5, 5.41) is 2.14. The van der Waals surface area contributed by atoms with Crippen LogP contribution in [0.2, 0.25) is 0 Å². The Morgan fingerprint density at radius 3 is 2.15 bits per heavy atom. The number of nitrogens with zero attached hydrogens (tertiary/aromatic N) is 3. The third-order valence-corrected chi connectivity index (χ3v) is 4.89. The fourth-order valence-corrected chi connectivity index (χ4v) is 3.58. The van der Waals surface area contributed by atoms with Gasteiger partial charge in [0.05, 0.1) is 31.8 Å². The average Bonchev–Trinajstić information content (AvgIpc) is 3.10. The fourth-order valence-electron chi connectivity index (χ4n) is 2.24. The molecular formula is C13H17N5O7S. The number of hydrogen-bond acceptors (Lipinski definition) is 10. The molecule has 0 spiro atoms. The van der Waals surface area contributed by atoms with Gasteiger partial charge in [0.25, 0.3) is 10.0 Å². The second-order valence-electron chi connectivity index (χ2n) is 4.94. The van der Waals surface area contributed by atoms with Gasteiger partial charge in [-0.15, -0.1) is 4.98 Å². The fraction of sp³-hybridized carbons (Fsp3) is 0.462. The van der Waals surface area contributed by atoms with Gasteiger partial charge in [-0.3, -0.25) is 5.32 Å². The van der Waals surface area contributed by atoms with Gasteiger partial charge in [-0.25, -0.2) is 22.7 Å². The topological polar surface area (TPSA) is 159 Å². The third kappa shape index (κ3) is 4.36. The summed E-state index contributed by atoms with van der Waals surface area (Å²) < 4.78 is 40.8. The Morgan fingerprint density at radius 2 is 1.62 bits per heavy atom. The van der Waals surface area contributed by atoms with Crippen molar-refractivity contribution >= 4 is 28.0 Å². The number of anilines is 1. The van der Waals surface area contributed by atoms with Gasteiger partial charge in [0, 0.05) is 0 Å². The lowest BCUT2D eigenvalue weighted by Gasteiger charge is -2.10. The maximum absolute atomic E-state index is 12.4. The minimum Gasteiger partial charge on any atom is -0.467 e. The minimum absolute atomic E-state index is 0.0244. The average molecular weight is 387 g/mol. The van der Waals surface area contributed by atoms with Crippen LogP contribution < -0.4 is 19.5 Å². The maximum atomic E-state index is 12.4. The number of hydrogen-bond donors (Lipinski definition) is 2. The molecule has 12 nitrogen and oxygen atoms in total. The molecule has 0 radical (unpaired) electrons. The van der Waals surface area contributed by atoms with Crippen LogP contribution >= 0.6 is 0 Å². The molecule has 0 bridgehead atoms. The number of methoxy groups -OCH3 is 3. The molecule has 142 valence electrons. The number of carbonyl (C=O) groups is 2. The van der Waals surface area contributed by atoms with Crippen LogP contribution in [0.3, 0.4) is 0 Å². The smallest absolute Gasteiger partial charge is 0.335 e. The largest absolute Gasteiger partial charge is 0.467 e. The van der Waals surface area contributed by atoms with Gasteiger partial charge >= 0.3 is 24.0 Å². The summed E-state index contributed by atoms with van der Waals surface area (Å²) in [4.78, 5) is 34.7. The number of urea groups is 1. The van der Waals surface area contributed by atoms with Crippen molar-refractivity contribution in [2.45, 2.75) is 19.3 Å². The predicted molar refractivity (Wildman–Crippen MR) is 86.9 cm³/mol. The first-order chi connectivity index (χ1) is 12.3. The summed E-state index contributed by atoms with van der Waals surface area (Å²) in [5.74, 6) is -1.02. The van der Waals surface area contributed by atoms with Crippen LogP contribution in [-0.2, 0) is 19.6 Å². The standard InChI is InChI=1S/C13H17N5O7S/c1-23-9(19)7-5-4-6-8(7)26(21,22)18-11(20)14-10-15-12(24-2)17-13(16-10)25-3/h4-6H2,1-3H3,(H2,14,15,16,17,18,20). The van der Waals surface area contributed by atoms with Gasteiger partial charge in [-0.05, 0) is 19.3 Å². The van der Waals surface area contributed by atoms with E-state index >= 15 is 0 Å². The lowest BCUT2D eigenvalue weighted by molar-refractivity contribution is -0.136. The molecule has 1 heterocycles. The van der Waals surface area contributed by atoms with Crippen molar-refractivity contribution in [1.82, 2.24) is 19.7 Å². The number of esters is 1. The van der Waals surface area contributed by atoms with Crippen LogP contribution in [0.25, 0.3) is 0 Å². The molecule has 1 aromatic heterocycles. The number of rotatable bonds is 6. The monoisotopic (exact) mass is 387 g/mol. The molecule has 0 aromatic carbocycles. The zero-order chi connectivity index (χ0) is 19.3. The van der Waals surface area contributed by atoms with E-state index in [0.29, 0.717) is 6.42 Å². The lowest BCUT2D eigenvalue weighted by Crippen LogP contribution is -2.36. The minimum atomic E-state index is -4.23. The Balaban J connectivity index is 2.18. The Bertz CT molecular complexity index is 830. The van der Waals surface area contributed by atoms with Crippen molar-refractivity contribution in [1.29, 1.82) is 0 Å². The highest BCUT2D eigenvalue weighted by Crippen LogP contribution is 2.30. The number of sulfonamides is 1. The summed E-state index contributed by atoms with van der Waals surface area (Å²) >= 11 is 0. The van der Waals surface area contributed by atoms with Gasteiger partial charge in [-0.2, -0.15) is 9.97 Å². The molecular weight excluding hydrogens is 370 g/mol. The van der Waals surface area contributed by atoms with Crippen molar-refractivity contribution in [3.8, 4) is 12.0 Å². The van der Waals surface area contributed by atoms with E-state index in [4.69, 9.17) is 9.47 Å². The Hall–Kier alpha value is -2.96. The van der Waals surface area contributed by atoms with Crippen LogP contribution in [0.1, 0.15) is 19.3 Å². The second-order valence-corrected chi connectivity index (χ2v) is 6.64. The van der Waals surface area contributed by atoms with E-state index in [1.54, 1.807) is 4.72 Å². The molecule has 1 aliphatic rings. The van der Waals surface area contributed by atoms with Crippen LogP contribution in [0, 0.1) is 0 Å². The van der Waals surface area contributed by atoms with Crippen LogP contribution in [0.4, 0.5) is 10.7 Å². The molecule has 2 amide bonds. The first-order valence-corrected chi connectivity index (χ1v) is 8.77. The van der Waals surface area contributed by atoms with Crippen molar-refractivity contribution < 1.29 is 32.2 Å². The molecule has 0 saturated heterocycles. The van der Waals surface area contributed by atoms with E-state index in [1.807, 2.05) is 0 Å². The Labute approximate surface area is 149 Å². The van der Waals surface area contributed by atoms with E-state index in [2.05, 4.69) is 25.0 Å². The maximum Gasteiger partial charge on any atom is 0.335 e. The zero-order valence-corrected chi connectivity index (χ0v) is 15.0. The van der Waals surface area contributed by atoms with E-state index in [-0.39, 0.29) is 41.3 Å². The quantitative estimate of drug-likeness (QED) is 0.634. The van der Waals surface area contributed by atoms with Gasteiger partial charge < -0.3 is 14.2 Å². The van der Waals surface area contributed by atoms with Gasteiger partial charge in [-0.1, -0.05) is 0 Å². The SMILES string of the molecule is COC(=O)C1=C(S(=O)(=O)NC(=O)Nc2nc(OC)nc(OC)n2)CCC1. The molecule has 0 saturated carbocycles. The molecule has 1 aromatic rings. The predicted octanol–water partition coefficient (Wildman–Crippen LogP) is -0.0489. The van der Waals surface area contributed by atoms with Crippen LogP contribution in [0.15, 0.2) is 10.5 Å². The normalized spacial score (nSPS) is 14.0. The molecule has 0 unspecified atom stereocenters. The first-order valence-electron chi connectivity index (χ1n) is 7.29. The van der Waals surface area contributed by atoms with E-state index < -0.39 is 22.0 Å². The van der Waals surface area contributed by atoms with Crippen molar-refractivity contribution in [3.63, 3.8) is 0 Å². The van der Waals surface area contributed by atoms with Crippen LogP contribution in [-0.4, -0.2) is 56.7 Å². The third-order valence-electron chi connectivity index (χ3n) is 3.34. The van der Waals surface area contributed by atoms with Gasteiger partial charge in [0.15, 0.2) is 0 Å². The summed E-state index contributed by atoms with van der Waals surface area (Å²) in [6.45, 7) is 0. The van der Waals surface area contributed by atoms with Crippen molar-refractivity contribution in [2.75, 3.05) is 26.6 Å². The summed E-state index contributed by atoms with van der Waals surface area (Å²) in [7, 11) is -0.488. The lowest BCUT2D eigenvalue weighted by atomic mass is 10.2. The number of ether oxygens (including phenoxy) is 3. The van der Waals surface area contributed by atoms with E-state index in [0.717, 1.165) is 7.11 Å². The van der Waals surface area contributed by atoms with Crippen molar-refractivity contribution in [3.05, 3.63) is 10.5 Å². The first kappa shape index (κ1) is 19.4. The highest BCUT2D eigenvalue weighted by atomic mass is 32.2. The summed E-state index contributed by atoms with van der Waals surface area (Å²) in [5.41, 5.74) is 0.0244. The molecule has 2 rings (SSSR count). The molecule has 13 heteroatoms.